The number of fused-ring (bicyclic) bond motifs is 5. The molecule has 0 saturated heterocycles. The number of ketones is 3. The highest BCUT2D eigenvalue weighted by Crippen LogP contribution is 2.74. The van der Waals surface area contributed by atoms with Crippen LogP contribution in [0.5, 0.6) is 0 Å². The highest BCUT2D eigenvalue weighted by molar-refractivity contribution is 5.97. The van der Waals surface area contributed by atoms with E-state index in [1.165, 1.54) is 26.8 Å². The van der Waals surface area contributed by atoms with Gasteiger partial charge in [0.1, 0.15) is 17.5 Å². The number of carbonyl (C=O) groups excluding carboxylic acids is 3. The van der Waals surface area contributed by atoms with Gasteiger partial charge in [0.25, 0.3) is 0 Å². The van der Waals surface area contributed by atoms with Crippen molar-refractivity contribution < 1.29 is 34.8 Å². The molecular formula is C30H44O7. The summed E-state index contributed by atoms with van der Waals surface area (Å²) in [5.41, 5.74) is -5.36. The van der Waals surface area contributed by atoms with Gasteiger partial charge in [-0.25, -0.2) is 0 Å². The molecule has 0 spiro atoms. The van der Waals surface area contributed by atoms with Crippen LogP contribution >= 0.6 is 0 Å². The van der Waals surface area contributed by atoms with Crippen molar-refractivity contribution in [2.45, 2.75) is 104 Å². The van der Waals surface area contributed by atoms with Crippen molar-refractivity contribution in [2.24, 2.45) is 39.4 Å². The summed E-state index contributed by atoms with van der Waals surface area (Å²) in [5.74, 6) is -2.34. The molecule has 4 rings (SSSR count). The highest BCUT2D eigenvalue weighted by Gasteiger charge is 2.74. The van der Waals surface area contributed by atoms with Gasteiger partial charge < -0.3 is 20.4 Å². The van der Waals surface area contributed by atoms with E-state index in [1.54, 1.807) is 0 Å². The molecule has 3 fully saturated rings. The zero-order valence-electron chi connectivity index (χ0n) is 23.5. The Hall–Kier alpha value is -1.67. The van der Waals surface area contributed by atoms with E-state index in [4.69, 9.17) is 0 Å². The van der Waals surface area contributed by atoms with Gasteiger partial charge in [0.2, 0.25) is 0 Å². The van der Waals surface area contributed by atoms with Crippen molar-refractivity contribution in [3.63, 3.8) is 0 Å². The van der Waals surface area contributed by atoms with Gasteiger partial charge >= 0.3 is 0 Å². The van der Waals surface area contributed by atoms with Crippen molar-refractivity contribution in [1.82, 2.24) is 0 Å². The molecule has 206 valence electrons. The van der Waals surface area contributed by atoms with Crippen LogP contribution < -0.4 is 0 Å². The van der Waals surface area contributed by atoms with Crippen LogP contribution in [0.2, 0.25) is 0 Å². The molecule has 7 heteroatoms. The highest BCUT2D eigenvalue weighted by atomic mass is 16.3. The lowest BCUT2D eigenvalue weighted by atomic mass is 9.38. The second-order valence-corrected chi connectivity index (χ2v) is 14.3. The Morgan fingerprint density at radius 2 is 1.62 bits per heavy atom. The monoisotopic (exact) mass is 516 g/mol. The average Bonchev–Trinajstić information content (AvgIpc) is 2.96. The van der Waals surface area contributed by atoms with Crippen LogP contribution in [0, 0.1) is 39.4 Å². The molecule has 0 heterocycles. The summed E-state index contributed by atoms with van der Waals surface area (Å²) in [6.45, 7) is 14.1. The Morgan fingerprint density at radius 3 is 2.19 bits per heavy atom. The van der Waals surface area contributed by atoms with E-state index in [-0.39, 0.29) is 36.2 Å². The lowest BCUT2D eigenvalue weighted by molar-refractivity contribution is -0.183. The number of aliphatic hydroxyl groups is 4. The summed E-state index contributed by atoms with van der Waals surface area (Å²) in [6, 6.07) is 0. The maximum absolute atomic E-state index is 14.2. The molecular weight excluding hydrogens is 472 g/mol. The van der Waals surface area contributed by atoms with Crippen molar-refractivity contribution in [1.29, 1.82) is 0 Å². The number of rotatable bonds is 4. The molecule has 0 aromatic rings. The molecule has 0 bridgehead atoms. The van der Waals surface area contributed by atoms with E-state index in [0.29, 0.717) is 12.8 Å². The van der Waals surface area contributed by atoms with Gasteiger partial charge in [-0.05, 0) is 62.4 Å². The minimum absolute atomic E-state index is 0.0255. The second kappa shape index (κ2) is 8.17. The zero-order valence-corrected chi connectivity index (χ0v) is 23.5. The fourth-order valence-electron chi connectivity index (χ4n) is 8.95. The first kappa shape index (κ1) is 28.3. The Kier molecular flexibility index (Phi) is 6.26. The number of aliphatic hydroxyl groups excluding tert-OH is 2. The van der Waals surface area contributed by atoms with Crippen LogP contribution in [0.15, 0.2) is 23.8 Å². The third kappa shape index (κ3) is 3.71. The van der Waals surface area contributed by atoms with Crippen molar-refractivity contribution >= 4 is 17.3 Å². The van der Waals surface area contributed by atoms with Gasteiger partial charge in [-0.2, -0.15) is 0 Å². The van der Waals surface area contributed by atoms with Gasteiger partial charge in [-0.1, -0.05) is 52.3 Å². The molecule has 0 unspecified atom stereocenters. The number of carbonyl (C=O) groups is 3. The SMILES string of the molecule is CC(C)(O)C=CC(=O)[C@](C)(O)[C@H]1[C@H](O)C[C@@]2(C)[C@@H]3CC=C4[C@@H](CC(=O)[C@H](O)C4(C)C)[C@]3(C)C(=O)C[C@]12C. The summed E-state index contributed by atoms with van der Waals surface area (Å²) >= 11 is 0. The van der Waals surface area contributed by atoms with Crippen LogP contribution in [-0.2, 0) is 14.4 Å². The lowest BCUT2D eigenvalue weighted by Gasteiger charge is -2.64. The summed E-state index contributed by atoms with van der Waals surface area (Å²) < 4.78 is 0. The molecule has 3 saturated carbocycles. The summed E-state index contributed by atoms with van der Waals surface area (Å²) in [7, 11) is 0. The minimum Gasteiger partial charge on any atom is -0.393 e. The summed E-state index contributed by atoms with van der Waals surface area (Å²) in [6.07, 6.45) is 3.49. The van der Waals surface area contributed by atoms with Crippen LogP contribution in [0.4, 0.5) is 0 Å². The van der Waals surface area contributed by atoms with E-state index in [2.05, 4.69) is 13.0 Å². The largest absolute Gasteiger partial charge is 0.393 e. The third-order valence-electron chi connectivity index (χ3n) is 11.2. The molecule has 0 aromatic heterocycles. The standard InChI is InChI=1S/C30H44O7/c1-25(2,36)12-11-21(33)30(8,37)23-19(32)14-27(5)20-10-9-16-17(13-18(31)24(35)26(16,3)4)29(20,7)22(34)15-28(23,27)6/h9,11-12,17,19-20,23-24,32,35-37H,10,13-15H2,1-8H3/t17-,19-,20+,23+,24+,27+,28-,29+,30+/m1/s1. The minimum atomic E-state index is -1.95. The Morgan fingerprint density at radius 1 is 1.03 bits per heavy atom. The van der Waals surface area contributed by atoms with Gasteiger partial charge in [0, 0.05) is 29.6 Å². The number of Topliss-reactive ketones (excluding diaryl/α,β-unsaturated/α-hetero) is 2. The van der Waals surface area contributed by atoms with E-state index in [0.717, 1.165) is 11.6 Å². The van der Waals surface area contributed by atoms with Crippen molar-refractivity contribution in [3.05, 3.63) is 23.8 Å². The van der Waals surface area contributed by atoms with Crippen molar-refractivity contribution in [2.75, 3.05) is 0 Å². The van der Waals surface area contributed by atoms with E-state index >= 15 is 0 Å². The van der Waals surface area contributed by atoms with Gasteiger partial charge in [-0.3, -0.25) is 14.4 Å². The molecule has 4 aliphatic rings. The molecule has 0 aromatic carbocycles. The quantitative estimate of drug-likeness (QED) is 0.334. The molecule has 7 nitrogen and oxygen atoms in total. The van der Waals surface area contributed by atoms with Crippen LogP contribution in [-0.4, -0.2) is 61.2 Å². The number of hydrogen-bond donors (Lipinski definition) is 4. The maximum Gasteiger partial charge on any atom is 0.187 e. The van der Waals surface area contributed by atoms with Gasteiger partial charge in [0.05, 0.1) is 11.7 Å². The van der Waals surface area contributed by atoms with Gasteiger partial charge in [-0.15, -0.1) is 0 Å². The second-order valence-electron chi connectivity index (χ2n) is 14.3. The van der Waals surface area contributed by atoms with E-state index in [1.807, 2.05) is 27.7 Å². The lowest BCUT2D eigenvalue weighted by Crippen LogP contribution is -2.65. The fourth-order valence-corrected chi connectivity index (χ4v) is 8.95. The molecule has 9 atom stereocenters. The fraction of sp³-hybridized carbons (Fsp3) is 0.767. The molecule has 4 aliphatic carbocycles. The molecule has 37 heavy (non-hydrogen) atoms. The van der Waals surface area contributed by atoms with E-state index < -0.39 is 56.8 Å². The number of hydrogen-bond acceptors (Lipinski definition) is 7. The Bertz CT molecular complexity index is 1090. The Labute approximate surface area is 220 Å². The number of allylic oxidation sites excluding steroid dienone is 1. The van der Waals surface area contributed by atoms with Crippen LogP contribution in [0.3, 0.4) is 0 Å². The normalized spacial score (nSPS) is 45.1. The maximum atomic E-state index is 14.2. The van der Waals surface area contributed by atoms with Crippen LogP contribution in [0.25, 0.3) is 0 Å². The zero-order chi connectivity index (χ0) is 28.1. The first-order chi connectivity index (χ1) is 16.7. The van der Waals surface area contributed by atoms with Gasteiger partial charge in [0.15, 0.2) is 11.6 Å². The predicted molar refractivity (Wildman–Crippen MR) is 138 cm³/mol. The average molecular weight is 517 g/mol. The summed E-state index contributed by atoms with van der Waals surface area (Å²) in [5, 5.41) is 43.7. The first-order valence-corrected chi connectivity index (χ1v) is 13.5. The van der Waals surface area contributed by atoms with E-state index in [9.17, 15) is 34.8 Å². The smallest absolute Gasteiger partial charge is 0.187 e. The third-order valence-corrected chi connectivity index (χ3v) is 11.2. The molecule has 0 aliphatic heterocycles. The summed E-state index contributed by atoms with van der Waals surface area (Å²) in [4.78, 5) is 40.3. The predicted octanol–water partition coefficient (Wildman–Crippen LogP) is 2.93. The van der Waals surface area contributed by atoms with Crippen molar-refractivity contribution in [3.8, 4) is 0 Å². The molecule has 0 amide bonds. The molecule has 4 N–H and O–H groups in total. The van der Waals surface area contributed by atoms with Crippen LogP contribution in [0.1, 0.15) is 81.1 Å². The molecule has 0 radical (unpaired) electrons. The first-order valence-electron chi connectivity index (χ1n) is 13.5. The topological polar surface area (TPSA) is 132 Å². The Balaban J connectivity index is 1.80.